The summed E-state index contributed by atoms with van der Waals surface area (Å²) in [5, 5.41) is 11.3. The Morgan fingerprint density at radius 1 is 1.06 bits per heavy atom. The van der Waals surface area contributed by atoms with Crippen molar-refractivity contribution in [3.8, 4) is 5.75 Å². The summed E-state index contributed by atoms with van der Waals surface area (Å²) in [6, 6.07) is 9.74. The van der Waals surface area contributed by atoms with Crippen molar-refractivity contribution in [1.29, 1.82) is 0 Å². The highest BCUT2D eigenvalue weighted by molar-refractivity contribution is 7.99. The van der Waals surface area contributed by atoms with Crippen LogP contribution in [0.15, 0.2) is 47.6 Å². The van der Waals surface area contributed by atoms with E-state index in [1.54, 1.807) is 18.5 Å². The molecule has 12 heteroatoms. The Hall–Kier alpha value is -3.93. The lowest BCUT2D eigenvalue weighted by Gasteiger charge is -2.14. The second-order valence-corrected chi connectivity index (χ2v) is 8.14. The largest absolute Gasteiger partial charge is 0.483 e. The number of nitrogens with one attached hydrogen (secondary N) is 1. The SMILES string of the molecule is COC(=O)c1ccc(C(=O)OC)c(NC(=O)CSc2nnc(C(C)Oc3ccc(F)cc3)n2C)c1. The number of thioether (sulfide) groups is 1. The van der Waals surface area contributed by atoms with Crippen LogP contribution in [0.25, 0.3) is 0 Å². The molecule has 0 radical (unpaired) electrons. The van der Waals surface area contributed by atoms with Crippen LogP contribution >= 0.6 is 11.8 Å². The predicted octanol–water partition coefficient (Wildman–Crippen LogP) is 3.40. The zero-order valence-corrected chi connectivity index (χ0v) is 20.2. The normalized spacial score (nSPS) is 11.5. The highest BCUT2D eigenvalue weighted by atomic mass is 32.2. The van der Waals surface area contributed by atoms with Gasteiger partial charge >= 0.3 is 11.9 Å². The number of rotatable bonds is 9. The summed E-state index contributed by atoms with van der Waals surface area (Å²) in [5.74, 6) is -1.16. The van der Waals surface area contributed by atoms with E-state index < -0.39 is 23.9 Å². The van der Waals surface area contributed by atoms with Gasteiger partial charge in [0.05, 0.1) is 36.8 Å². The van der Waals surface area contributed by atoms with Gasteiger partial charge in [0, 0.05) is 7.05 Å². The Labute approximate surface area is 204 Å². The van der Waals surface area contributed by atoms with Gasteiger partial charge in [-0.25, -0.2) is 14.0 Å². The molecule has 2 aromatic carbocycles. The number of aromatic nitrogens is 3. The van der Waals surface area contributed by atoms with Gasteiger partial charge in [0.15, 0.2) is 17.1 Å². The number of ether oxygens (including phenoxy) is 3. The summed E-state index contributed by atoms with van der Waals surface area (Å²) in [7, 11) is 4.17. The molecule has 0 aliphatic rings. The molecule has 1 heterocycles. The lowest BCUT2D eigenvalue weighted by molar-refractivity contribution is -0.113. The number of carbonyl (C=O) groups is 3. The average molecular weight is 503 g/mol. The van der Waals surface area contributed by atoms with Crippen molar-refractivity contribution in [2.45, 2.75) is 18.2 Å². The summed E-state index contributed by atoms with van der Waals surface area (Å²) < 4.78 is 30.0. The standard InChI is InChI=1S/C23H23FN4O6S/c1-13(34-16-8-6-15(24)7-9-16)20-26-27-23(28(20)2)35-12-19(29)25-18-11-14(21(30)32-3)5-10-17(18)22(31)33-4/h5-11,13H,12H2,1-4H3,(H,25,29). The van der Waals surface area contributed by atoms with Gasteiger partial charge in [-0.1, -0.05) is 11.8 Å². The minimum absolute atomic E-state index is 0.0533. The van der Waals surface area contributed by atoms with Crippen molar-refractivity contribution in [3.63, 3.8) is 0 Å². The van der Waals surface area contributed by atoms with Gasteiger partial charge in [0.1, 0.15) is 11.6 Å². The van der Waals surface area contributed by atoms with Gasteiger partial charge < -0.3 is 24.1 Å². The van der Waals surface area contributed by atoms with E-state index in [9.17, 15) is 18.8 Å². The van der Waals surface area contributed by atoms with E-state index in [4.69, 9.17) is 9.47 Å². The third-order valence-electron chi connectivity index (χ3n) is 4.81. The fraction of sp³-hybridized carbons (Fsp3) is 0.261. The third-order valence-corrected chi connectivity index (χ3v) is 5.83. The maximum Gasteiger partial charge on any atom is 0.339 e. The van der Waals surface area contributed by atoms with Crippen LogP contribution in [0.3, 0.4) is 0 Å². The minimum atomic E-state index is -0.669. The zero-order chi connectivity index (χ0) is 25.5. The summed E-state index contributed by atoms with van der Waals surface area (Å²) in [6.07, 6.45) is -0.482. The molecule has 0 bridgehead atoms. The second kappa shape index (κ2) is 11.5. The molecule has 1 atom stereocenters. The quantitative estimate of drug-likeness (QED) is 0.346. The molecule has 0 saturated heterocycles. The van der Waals surface area contributed by atoms with E-state index in [1.807, 2.05) is 0 Å². The Morgan fingerprint density at radius 3 is 2.40 bits per heavy atom. The van der Waals surface area contributed by atoms with Crippen molar-refractivity contribution in [3.05, 3.63) is 65.2 Å². The molecule has 10 nitrogen and oxygen atoms in total. The number of amides is 1. The fourth-order valence-electron chi connectivity index (χ4n) is 3.07. The summed E-state index contributed by atoms with van der Waals surface area (Å²) in [4.78, 5) is 36.5. The Kier molecular flexibility index (Phi) is 8.42. The number of anilines is 1. The van der Waals surface area contributed by atoms with Crippen LogP contribution < -0.4 is 10.1 Å². The van der Waals surface area contributed by atoms with E-state index in [2.05, 4.69) is 20.3 Å². The van der Waals surface area contributed by atoms with E-state index in [0.29, 0.717) is 16.7 Å². The van der Waals surface area contributed by atoms with Crippen LogP contribution in [-0.4, -0.2) is 52.6 Å². The van der Waals surface area contributed by atoms with Gasteiger partial charge in [-0.2, -0.15) is 0 Å². The molecular formula is C23H23FN4O6S. The molecule has 1 N–H and O–H groups in total. The number of carbonyl (C=O) groups excluding carboxylic acids is 3. The summed E-state index contributed by atoms with van der Waals surface area (Å²) >= 11 is 1.12. The molecule has 1 unspecified atom stereocenters. The molecule has 3 aromatic rings. The lowest BCUT2D eigenvalue weighted by atomic mass is 10.1. The van der Waals surface area contributed by atoms with Crippen molar-refractivity contribution in [2.75, 3.05) is 25.3 Å². The Bertz CT molecular complexity index is 1230. The van der Waals surface area contributed by atoms with Crippen LogP contribution in [0.5, 0.6) is 5.75 Å². The molecule has 0 aliphatic heterocycles. The van der Waals surface area contributed by atoms with Crippen LogP contribution in [0.4, 0.5) is 10.1 Å². The Balaban J connectivity index is 1.67. The first-order chi connectivity index (χ1) is 16.7. The number of halogens is 1. The molecule has 3 rings (SSSR count). The van der Waals surface area contributed by atoms with E-state index >= 15 is 0 Å². The maximum absolute atomic E-state index is 13.1. The molecule has 0 aliphatic carbocycles. The topological polar surface area (TPSA) is 122 Å². The number of nitrogens with zero attached hydrogens (tertiary/aromatic N) is 3. The van der Waals surface area contributed by atoms with E-state index in [0.717, 1.165) is 11.8 Å². The number of hydrogen-bond acceptors (Lipinski definition) is 9. The molecule has 1 aromatic heterocycles. The predicted molar refractivity (Wildman–Crippen MR) is 125 cm³/mol. The molecule has 184 valence electrons. The number of benzene rings is 2. The minimum Gasteiger partial charge on any atom is -0.483 e. The number of hydrogen-bond donors (Lipinski definition) is 1. The lowest BCUT2D eigenvalue weighted by Crippen LogP contribution is -2.18. The highest BCUT2D eigenvalue weighted by Crippen LogP contribution is 2.25. The molecule has 0 saturated carbocycles. The van der Waals surface area contributed by atoms with Crippen molar-refractivity contribution in [2.24, 2.45) is 7.05 Å². The van der Waals surface area contributed by atoms with Gasteiger partial charge in [-0.3, -0.25) is 4.79 Å². The molecule has 0 fully saturated rings. The smallest absolute Gasteiger partial charge is 0.339 e. The second-order valence-electron chi connectivity index (χ2n) is 7.19. The molecule has 0 spiro atoms. The van der Waals surface area contributed by atoms with E-state index in [1.165, 1.54) is 56.7 Å². The number of esters is 2. The monoisotopic (exact) mass is 502 g/mol. The first-order valence-electron chi connectivity index (χ1n) is 10.3. The van der Waals surface area contributed by atoms with Gasteiger partial charge in [0.25, 0.3) is 0 Å². The van der Waals surface area contributed by atoms with Gasteiger partial charge in [-0.05, 0) is 49.4 Å². The average Bonchev–Trinajstić information content (AvgIpc) is 3.23. The molecule has 35 heavy (non-hydrogen) atoms. The van der Waals surface area contributed by atoms with Gasteiger partial charge in [-0.15, -0.1) is 10.2 Å². The van der Waals surface area contributed by atoms with Crippen molar-refractivity contribution < 1.29 is 33.0 Å². The molecular weight excluding hydrogens is 479 g/mol. The summed E-state index contributed by atoms with van der Waals surface area (Å²) in [6.45, 7) is 1.77. The van der Waals surface area contributed by atoms with Crippen LogP contribution in [-0.2, 0) is 21.3 Å². The zero-order valence-electron chi connectivity index (χ0n) is 19.4. The van der Waals surface area contributed by atoms with Crippen molar-refractivity contribution >= 4 is 35.3 Å². The van der Waals surface area contributed by atoms with Crippen LogP contribution in [0.2, 0.25) is 0 Å². The number of methoxy groups -OCH3 is 2. The third kappa shape index (κ3) is 6.35. The van der Waals surface area contributed by atoms with Crippen LogP contribution in [0, 0.1) is 5.82 Å². The maximum atomic E-state index is 13.1. The van der Waals surface area contributed by atoms with Crippen LogP contribution in [0.1, 0.15) is 39.6 Å². The summed E-state index contributed by atoms with van der Waals surface area (Å²) in [5.41, 5.74) is 0.368. The molecule has 1 amide bonds. The fourth-order valence-corrected chi connectivity index (χ4v) is 3.79. The first-order valence-corrected chi connectivity index (χ1v) is 11.3. The Morgan fingerprint density at radius 2 is 1.74 bits per heavy atom. The first kappa shape index (κ1) is 25.7. The van der Waals surface area contributed by atoms with Crippen molar-refractivity contribution in [1.82, 2.24) is 14.8 Å². The highest BCUT2D eigenvalue weighted by Gasteiger charge is 2.20. The van der Waals surface area contributed by atoms with Gasteiger partial charge in [0.2, 0.25) is 5.91 Å². The van der Waals surface area contributed by atoms with E-state index in [-0.39, 0.29) is 28.4 Å².